The second-order valence-corrected chi connectivity index (χ2v) is 16.7. The third-order valence-electron chi connectivity index (χ3n) is 10.6. The number of halogens is 24. The average Bonchev–Trinajstić information content (AvgIpc) is 3.28. The van der Waals surface area contributed by atoms with Gasteiger partial charge in [-0.15, -0.1) is 6.07 Å². The Bertz CT molecular complexity index is 2410. The van der Waals surface area contributed by atoms with Crippen molar-refractivity contribution in [2.75, 3.05) is 0 Å². The zero-order valence-electron chi connectivity index (χ0n) is 39.5. The van der Waals surface area contributed by atoms with Crippen LogP contribution >= 0.6 is 0 Å². The van der Waals surface area contributed by atoms with Crippen LogP contribution in [-0.2, 0) is 49.4 Å². The second kappa shape index (κ2) is 26.2. The molecule has 4 aromatic carbocycles. The molecule has 77 heavy (non-hydrogen) atoms. The third-order valence-corrected chi connectivity index (χ3v) is 10.6. The Labute approximate surface area is 423 Å². The molecule has 0 saturated heterocycles. The van der Waals surface area contributed by atoms with Gasteiger partial charge in [-0.3, -0.25) is 5.32 Å². The largest absolute Gasteiger partial charge is 0.864 e. The van der Waals surface area contributed by atoms with E-state index in [0.717, 1.165) is 51.4 Å². The number of allylic oxidation sites excluding steroid dienone is 1. The number of hydrogen-bond acceptors (Lipinski definition) is 3. The first kappa shape index (κ1) is 65.4. The van der Waals surface area contributed by atoms with Gasteiger partial charge >= 0.3 is 56.7 Å². The van der Waals surface area contributed by atoms with Gasteiger partial charge in [0, 0.05) is 6.42 Å². The van der Waals surface area contributed by atoms with E-state index in [0.29, 0.717) is 30.3 Å². The molecule has 0 saturated carbocycles. The Morgan fingerprint density at radius 1 is 0.429 bits per heavy atom. The zero-order valence-corrected chi connectivity index (χ0v) is 39.5. The molecule has 0 fully saturated rings. The lowest BCUT2D eigenvalue weighted by molar-refractivity contribution is -0.522. The number of nitrogens with two attached hydrogens (primary N) is 1. The average molecular weight is 1150 g/mol. The van der Waals surface area contributed by atoms with Crippen LogP contribution in [0.15, 0.2) is 84.7 Å². The predicted molar refractivity (Wildman–Crippen MR) is 228 cm³/mol. The molecule has 0 bridgehead atoms. The summed E-state index contributed by atoms with van der Waals surface area (Å²) in [6.45, 7) is 5.46. The zero-order chi connectivity index (χ0) is 58.6. The van der Waals surface area contributed by atoms with E-state index in [-0.39, 0.29) is 61.0 Å². The smallest absolute Gasteiger partial charge is 0.490 e. The summed E-state index contributed by atoms with van der Waals surface area (Å²) >= 11 is 0. The number of alkyl halides is 24. The Hall–Kier alpha value is -5.86. The number of benzene rings is 4. The quantitative estimate of drug-likeness (QED) is 0.0240. The molecule has 428 valence electrons. The molecular weight excluding hydrogens is 1110 g/mol. The minimum absolute atomic E-state index is 0.0521. The highest BCUT2D eigenvalue weighted by molar-refractivity contribution is 6.39. The van der Waals surface area contributed by atoms with E-state index in [4.69, 9.17) is 14.0 Å². The van der Waals surface area contributed by atoms with Crippen LogP contribution in [-0.4, -0.2) is 7.32 Å². The van der Waals surface area contributed by atoms with E-state index in [1.165, 1.54) is 0 Å². The molecule has 0 unspecified atom stereocenters. The highest BCUT2D eigenvalue weighted by Crippen LogP contribution is 2.45. The molecule has 4 aromatic rings. The van der Waals surface area contributed by atoms with E-state index in [1.807, 2.05) is 0 Å². The number of hydrogen-bond donors (Lipinski definition) is 1. The maximum atomic E-state index is 14.6. The lowest BCUT2D eigenvalue weighted by atomic mass is 10.0. The summed E-state index contributed by atoms with van der Waals surface area (Å²) in [5.74, 6) is -4.82. The monoisotopic (exact) mass is 1150 g/mol. The summed E-state index contributed by atoms with van der Waals surface area (Å²) < 4.78 is 337. The topological polar surface area (TPSA) is 44.3 Å². The van der Waals surface area contributed by atoms with E-state index >= 15 is 0 Å². The molecule has 0 amide bonds. The van der Waals surface area contributed by atoms with Crippen LogP contribution in [0.4, 0.5) is 111 Å². The fourth-order valence-electron chi connectivity index (χ4n) is 6.82. The number of quaternary nitrogens is 1. The van der Waals surface area contributed by atoms with Crippen molar-refractivity contribution in [1.82, 2.24) is 0 Å². The van der Waals surface area contributed by atoms with Gasteiger partial charge < -0.3 is 14.0 Å². The van der Waals surface area contributed by atoms with Crippen LogP contribution in [0.2, 0.25) is 0 Å². The van der Waals surface area contributed by atoms with Crippen LogP contribution in [0, 0.1) is 6.07 Å². The number of unbranched alkanes of at least 4 members (excludes halogenated alkanes) is 10. The van der Waals surface area contributed by atoms with Crippen molar-refractivity contribution in [3.8, 4) is 17.2 Å². The molecule has 2 N–H and O–H groups in total. The minimum atomic E-state index is -5.68. The summed E-state index contributed by atoms with van der Waals surface area (Å²) in [5, 5.41) is 0.594. The SMILES string of the molecule is C=C=C(CCCCCCCCCCCCC)[NH2+]c1c(OB(Oc2cc(C(F)(F)F)cc(C(F)(F)F)c2)Oc2cc(C(F)(F)F)cc(C(F)(F)F)c2)cc(C(F)(F)F)cc1C(F)(F)F.FC(F)(F)c1c[c-]cc(C(F)(F)F)c1. The molecule has 0 aromatic heterocycles. The minimum Gasteiger partial charge on any atom is -0.490 e. The van der Waals surface area contributed by atoms with Crippen molar-refractivity contribution in [2.45, 2.75) is 133 Å². The predicted octanol–water partition coefficient (Wildman–Crippen LogP) is 18.4. The maximum absolute atomic E-state index is 14.6. The van der Waals surface area contributed by atoms with Crippen molar-refractivity contribution < 1.29 is 125 Å². The summed E-state index contributed by atoms with van der Waals surface area (Å²) in [5.41, 5.74) is -14.5. The molecule has 0 heterocycles. The Morgan fingerprint density at radius 3 is 1.08 bits per heavy atom. The Balaban J connectivity index is 0.000000961. The molecule has 0 atom stereocenters. The van der Waals surface area contributed by atoms with Crippen LogP contribution in [0.5, 0.6) is 17.2 Å². The van der Waals surface area contributed by atoms with Gasteiger partial charge in [-0.05, 0) is 55.0 Å². The van der Waals surface area contributed by atoms with Crippen molar-refractivity contribution in [1.29, 1.82) is 0 Å². The first-order valence-electron chi connectivity index (χ1n) is 22.4. The molecule has 0 aliphatic heterocycles. The van der Waals surface area contributed by atoms with E-state index < -0.39 is 136 Å². The van der Waals surface area contributed by atoms with Gasteiger partial charge in [0.05, 0.1) is 27.8 Å². The van der Waals surface area contributed by atoms with Gasteiger partial charge in [0.25, 0.3) is 0 Å². The molecule has 0 aliphatic carbocycles. The molecular formula is C48H42BF24NO3. The fourth-order valence-corrected chi connectivity index (χ4v) is 6.82. The first-order chi connectivity index (χ1) is 35.1. The van der Waals surface area contributed by atoms with Gasteiger partial charge in [0.2, 0.25) is 0 Å². The third kappa shape index (κ3) is 21.5. The lowest BCUT2D eigenvalue weighted by Crippen LogP contribution is -2.76. The maximum Gasteiger partial charge on any atom is 0.864 e. The molecule has 4 nitrogen and oxygen atoms in total. The van der Waals surface area contributed by atoms with Crippen LogP contribution in [0.1, 0.15) is 128 Å². The lowest BCUT2D eigenvalue weighted by Gasteiger charge is -2.22. The molecule has 0 radical (unpaired) electrons. The van der Waals surface area contributed by atoms with E-state index in [9.17, 15) is 105 Å². The van der Waals surface area contributed by atoms with Gasteiger partial charge in [-0.1, -0.05) is 94.6 Å². The highest BCUT2D eigenvalue weighted by atomic mass is 19.4. The summed E-state index contributed by atoms with van der Waals surface area (Å²) in [6, 6.07) is 0.679. The van der Waals surface area contributed by atoms with Gasteiger partial charge in [-0.25, -0.2) is 0 Å². The van der Waals surface area contributed by atoms with Gasteiger partial charge in [0.15, 0.2) is 17.1 Å². The van der Waals surface area contributed by atoms with Crippen molar-refractivity contribution in [2.24, 2.45) is 0 Å². The highest BCUT2D eigenvalue weighted by Gasteiger charge is 2.46. The van der Waals surface area contributed by atoms with Gasteiger partial charge in [0.1, 0.15) is 17.1 Å². The van der Waals surface area contributed by atoms with E-state index in [1.54, 1.807) is 6.07 Å². The van der Waals surface area contributed by atoms with Crippen LogP contribution in [0.3, 0.4) is 0 Å². The Morgan fingerprint density at radius 2 is 0.753 bits per heavy atom. The molecule has 0 spiro atoms. The normalized spacial score (nSPS) is 12.9. The van der Waals surface area contributed by atoms with E-state index in [2.05, 4.69) is 19.2 Å². The summed E-state index contributed by atoms with van der Waals surface area (Å²) in [6.07, 6.45) is -33.7. The summed E-state index contributed by atoms with van der Waals surface area (Å²) in [4.78, 5) is 0. The standard InChI is InChI=1S/C40H38BF18NO3.C8H3F6/c1-3-5-6-7-8-9-10-11-12-13-14-15-29(4-2)60-34-32(40(57,58)59)22-28(39(54,55)56)23-33(34)63-41(61-30-18-24(35(42,43)44)16-25(19-30)36(45,46)47)62-31-20-26(37(48,49)50)17-27(21-31)38(51,52)53;9-7(10,11)5-2-1-3-6(4-5)8(12,13)14/h16-23,60H,2-3,5-15H2,1H3;2-4H/q;-1/p+1. The van der Waals surface area contributed by atoms with Crippen molar-refractivity contribution in [3.05, 3.63) is 135 Å². The molecule has 4 rings (SSSR count). The first-order valence-corrected chi connectivity index (χ1v) is 22.4. The number of rotatable bonds is 20. The van der Waals surface area contributed by atoms with Crippen molar-refractivity contribution in [3.63, 3.8) is 0 Å². The van der Waals surface area contributed by atoms with Crippen LogP contribution < -0.4 is 19.3 Å². The fraction of sp³-hybridized carbons (Fsp3) is 0.438. The second-order valence-electron chi connectivity index (χ2n) is 16.7. The molecule has 29 heteroatoms. The van der Waals surface area contributed by atoms with Crippen molar-refractivity contribution >= 4 is 13.0 Å². The summed E-state index contributed by atoms with van der Waals surface area (Å²) in [7, 11) is -3.31. The Kier molecular flexibility index (Phi) is 22.3. The van der Waals surface area contributed by atoms with Crippen LogP contribution in [0.25, 0.3) is 0 Å². The molecule has 0 aliphatic rings. The van der Waals surface area contributed by atoms with Gasteiger partial charge in [-0.2, -0.15) is 124 Å².